The number of aromatic nitrogens is 4. The molecular formula is C10H15N5O2. The van der Waals surface area contributed by atoms with Crippen LogP contribution in [0.1, 0.15) is 19.8 Å². The molecule has 0 aromatic carbocycles. The minimum Gasteiger partial charge on any atom is -0.391 e. The lowest BCUT2D eigenvalue weighted by Crippen LogP contribution is -2.21. The summed E-state index contributed by atoms with van der Waals surface area (Å²) in [4.78, 5) is 11.3. The van der Waals surface area contributed by atoms with Gasteiger partial charge in [0.15, 0.2) is 5.65 Å². The molecule has 0 aliphatic carbocycles. The van der Waals surface area contributed by atoms with Gasteiger partial charge in [0.05, 0.1) is 6.10 Å². The average molecular weight is 237 g/mol. The molecule has 3 N–H and O–H groups in total. The van der Waals surface area contributed by atoms with Crippen LogP contribution in [0.5, 0.6) is 0 Å². The number of rotatable bonds is 5. The molecule has 92 valence electrons. The number of anilines is 1. The fraction of sp³-hybridized carbons (Fsp3) is 0.500. The van der Waals surface area contributed by atoms with E-state index in [2.05, 4.69) is 20.6 Å². The molecule has 7 nitrogen and oxygen atoms in total. The molecule has 2 heterocycles. The molecule has 0 saturated carbocycles. The van der Waals surface area contributed by atoms with Gasteiger partial charge in [-0.25, -0.2) is 9.89 Å². The molecule has 0 radical (unpaired) electrons. The Morgan fingerprint density at radius 3 is 3.18 bits per heavy atom. The van der Waals surface area contributed by atoms with E-state index in [9.17, 15) is 9.90 Å². The smallest absolute Gasteiger partial charge is 0.364 e. The first-order valence-corrected chi connectivity index (χ1v) is 5.57. The van der Waals surface area contributed by atoms with E-state index in [4.69, 9.17) is 0 Å². The minimum atomic E-state index is -0.404. The maximum absolute atomic E-state index is 11.3. The van der Waals surface area contributed by atoms with Crippen molar-refractivity contribution in [3.8, 4) is 0 Å². The Kier molecular flexibility index (Phi) is 3.38. The first-order chi connectivity index (χ1) is 8.20. The largest absolute Gasteiger partial charge is 0.391 e. The second-order valence-corrected chi connectivity index (χ2v) is 3.84. The summed E-state index contributed by atoms with van der Waals surface area (Å²) < 4.78 is 1.18. The highest BCUT2D eigenvalue weighted by atomic mass is 16.3. The normalized spacial score (nSPS) is 12.8. The number of hydrogen-bond acceptors (Lipinski definition) is 5. The van der Waals surface area contributed by atoms with Crippen molar-refractivity contribution in [2.75, 3.05) is 11.9 Å². The van der Waals surface area contributed by atoms with Gasteiger partial charge < -0.3 is 10.4 Å². The number of H-pyrrole nitrogens is 1. The van der Waals surface area contributed by atoms with Crippen LogP contribution in [0.2, 0.25) is 0 Å². The van der Waals surface area contributed by atoms with Crippen LogP contribution in [0.4, 0.5) is 5.82 Å². The quantitative estimate of drug-likeness (QED) is 0.679. The van der Waals surface area contributed by atoms with Gasteiger partial charge in [-0.1, -0.05) is 13.3 Å². The summed E-state index contributed by atoms with van der Waals surface area (Å²) in [5, 5.41) is 22.7. The highest BCUT2D eigenvalue weighted by Gasteiger charge is 2.05. The fourth-order valence-corrected chi connectivity index (χ4v) is 1.55. The van der Waals surface area contributed by atoms with Crippen molar-refractivity contribution in [1.29, 1.82) is 0 Å². The van der Waals surface area contributed by atoms with Crippen LogP contribution in [0, 0.1) is 0 Å². The molecule has 2 rings (SSSR count). The number of aliphatic hydroxyl groups excluding tert-OH is 1. The predicted octanol–water partition coefficient (Wildman–Crippen LogP) is -0.00950. The molecule has 0 aliphatic heterocycles. The zero-order chi connectivity index (χ0) is 12.3. The van der Waals surface area contributed by atoms with Gasteiger partial charge in [-0.15, -0.1) is 5.10 Å². The monoisotopic (exact) mass is 237 g/mol. The van der Waals surface area contributed by atoms with Gasteiger partial charge in [0.1, 0.15) is 5.82 Å². The lowest BCUT2D eigenvalue weighted by Gasteiger charge is -2.10. The third-order valence-corrected chi connectivity index (χ3v) is 2.41. The second kappa shape index (κ2) is 4.96. The first-order valence-electron chi connectivity index (χ1n) is 5.57. The van der Waals surface area contributed by atoms with Crippen molar-refractivity contribution in [2.24, 2.45) is 0 Å². The Morgan fingerprint density at radius 1 is 1.59 bits per heavy atom. The Labute approximate surface area is 97.5 Å². The number of nitrogens with one attached hydrogen (secondary N) is 2. The Bertz CT molecular complexity index is 547. The van der Waals surface area contributed by atoms with E-state index in [1.807, 2.05) is 6.92 Å². The third kappa shape index (κ3) is 2.62. The average Bonchev–Trinajstić information content (AvgIpc) is 2.69. The van der Waals surface area contributed by atoms with Gasteiger partial charge in [0, 0.05) is 6.54 Å². The van der Waals surface area contributed by atoms with E-state index in [0.717, 1.165) is 12.8 Å². The molecule has 0 fully saturated rings. The molecule has 0 spiro atoms. The van der Waals surface area contributed by atoms with Crippen LogP contribution in [-0.4, -0.2) is 37.6 Å². The van der Waals surface area contributed by atoms with Crippen LogP contribution in [0.15, 0.2) is 16.9 Å². The SMILES string of the molecule is CCCC(O)CNc1ccc2n[nH]c(=O)n2n1. The van der Waals surface area contributed by atoms with Crippen molar-refractivity contribution < 1.29 is 5.11 Å². The molecular weight excluding hydrogens is 222 g/mol. The van der Waals surface area contributed by atoms with Gasteiger partial charge in [0.2, 0.25) is 0 Å². The summed E-state index contributed by atoms with van der Waals surface area (Å²) in [6.45, 7) is 2.43. The highest BCUT2D eigenvalue weighted by Crippen LogP contribution is 2.04. The zero-order valence-electron chi connectivity index (χ0n) is 9.55. The van der Waals surface area contributed by atoms with E-state index in [1.165, 1.54) is 4.52 Å². The standard InChI is InChI=1S/C10H15N5O2/c1-2-3-7(16)6-11-8-4-5-9-12-13-10(17)15(9)14-8/h4-5,7,16H,2-3,6H2,1H3,(H,11,14)(H,13,17). The Morgan fingerprint density at radius 2 is 2.41 bits per heavy atom. The number of aliphatic hydroxyl groups is 1. The Balaban J connectivity index is 2.08. The van der Waals surface area contributed by atoms with Crippen molar-refractivity contribution >= 4 is 11.5 Å². The van der Waals surface area contributed by atoms with E-state index in [-0.39, 0.29) is 5.69 Å². The fourth-order valence-electron chi connectivity index (χ4n) is 1.55. The summed E-state index contributed by atoms with van der Waals surface area (Å²) in [6, 6.07) is 3.40. The first kappa shape index (κ1) is 11.6. The molecule has 2 aromatic rings. The molecule has 0 saturated heterocycles. The van der Waals surface area contributed by atoms with Crippen molar-refractivity contribution in [1.82, 2.24) is 19.8 Å². The molecule has 0 amide bonds. The van der Waals surface area contributed by atoms with Gasteiger partial charge >= 0.3 is 5.69 Å². The van der Waals surface area contributed by atoms with Crippen LogP contribution in [0.3, 0.4) is 0 Å². The van der Waals surface area contributed by atoms with Gasteiger partial charge in [-0.3, -0.25) is 0 Å². The highest BCUT2D eigenvalue weighted by molar-refractivity contribution is 5.42. The summed E-state index contributed by atoms with van der Waals surface area (Å²) in [5.41, 5.74) is 0.0902. The van der Waals surface area contributed by atoms with Gasteiger partial charge in [0.25, 0.3) is 0 Å². The lowest BCUT2D eigenvalue weighted by molar-refractivity contribution is 0.176. The van der Waals surface area contributed by atoms with Crippen molar-refractivity contribution in [2.45, 2.75) is 25.9 Å². The van der Waals surface area contributed by atoms with E-state index in [0.29, 0.717) is 18.0 Å². The molecule has 17 heavy (non-hydrogen) atoms. The van der Waals surface area contributed by atoms with Gasteiger partial charge in [-0.05, 0) is 18.6 Å². The topological polar surface area (TPSA) is 95.3 Å². The zero-order valence-corrected chi connectivity index (χ0v) is 9.55. The number of nitrogens with zero attached hydrogens (tertiary/aromatic N) is 3. The summed E-state index contributed by atoms with van der Waals surface area (Å²) >= 11 is 0. The molecule has 0 bridgehead atoms. The maximum Gasteiger partial charge on any atom is 0.364 e. The summed E-state index contributed by atoms with van der Waals surface area (Å²) in [7, 11) is 0. The molecule has 1 atom stereocenters. The maximum atomic E-state index is 11.3. The van der Waals surface area contributed by atoms with Gasteiger partial charge in [-0.2, -0.15) is 9.61 Å². The lowest BCUT2D eigenvalue weighted by atomic mass is 10.2. The van der Waals surface area contributed by atoms with Crippen LogP contribution in [-0.2, 0) is 0 Å². The van der Waals surface area contributed by atoms with Crippen LogP contribution >= 0.6 is 0 Å². The molecule has 1 unspecified atom stereocenters. The summed E-state index contributed by atoms with van der Waals surface area (Å²) in [6.07, 6.45) is 1.26. The van der Waals surface area contributed by atoms with E-state index >= 15 is 0 Å². The van der Waals surface area contributed by atoms with Crippen molar-refractivity contribution in [3.63, 3.8) is 0 Å². The van der Waals surface area contributed by atoms with E-state index < -0.39 is 6.10 Å². The minimum absolute atomic E-state index is 0.377. The number of aromatic amines is 1. The van der Waals surface area contributed by atoms with Crippen LogP contribution in [0.25, 0.3) is 5.65 Å². The number of fused-ring (bicyclic) bond motifs is 1. The molecule has 0 aliphatic rings. The Hall–Kier alpha value is -1.89. The van der Waals surface area contributed by atoms with E-state index in [1.54, 1.807) is 12.1 Å². The molecule has 2 aromatic heterocycles. The second-order valence-electron chi connectivity index (χ2n) is 3.84. The van der Waals surface area contributed by atoms with Crippen molar-refractivity contribution in [3.05, 3.63) is 22.6 Å². The predicted molar refractivity (Wildman–Crippen MR) is 63.0 cm³/mol. The summed E-state index contributed by atoms with van der Waals surface area (Å²) in [5.74, 6) is 0.538. The number of hydrogen-bond donors (Lipinski definition) is 3. The third-order valence-electron chi connectivity index (χ3n) is 2.41. The van der Waals surface area contributed by atoms with Crippen LogP contribution < -0.4 is 11.0 Å². The molecule has 7 heteroatoms.